The predicted molar refractivity (Wildman–Crippen MR) is 61.6 cm³/mol. The quantitative estimate of drug-likeness (QED) is 0.774. The Hall–Kier alpha value is -0.700. The van der Waals surface area contributed by atoms with Crippen molar-refractivity contribution in [2.45, 2.75) is 18.2 Å². The van der Waals surface area contributed by atoms with E-state index in [2.05, 4.69) is 22.9 Å². The number of hydrogen-bond acceptors (Lipinski definition) is 2. The zero-order valence-corrected chi connectivity index (χ0v) is 10.3. The van der Waals surface area contributed by atoms with E-state index in [0.717, 1.165) is 23.5 Å². The first-order valence-corrected chi connectivity index (χ1v) is 5.44. The Bertz CT molecular complexity index is 297. The van der Waals surface area contributed by atoms with Crippen molar-refractivity contribution in [2.24, 2.45) is 0 Å². The maximum atomic E-state index is 5.27. The molecule has 0 saturated heterocycles. The van der Waals surface area contributed by atoms with E-state index >= 15 is 0 Å². The molecule has 0 aliphatic carbocycles. The third-order valence-electron chi connectivity index (χ3n) is 1.99. The minimum atomic E-state index is 0.434. The van der Waals surface area contributed by atoms with Crippen molar-refractivity contribution in [3.8, 4) is 11.5 Å². The highest BCUT2D eigenvalue weighted by molar-refractivity contribution is 9.09. The van der Waals surface area contributed by atoms with E-state index in [4.69, 9.17) is 9.47 Å². The van der Waals surface area contributed by atoms with Crippen molar-refractivity contribution in [1.29, 1.82) is 0 Å². The third-order valence-corrected chi connectivity index (χ3v) is 2.31. The fraction of sp³-hybridized carbons (Fsp3) is 0.455. The summed E-state index contributed by atoms with van der Waals surface area (Å²) in [5, 5.41) is 0. The van der Waals surface area contributed by atoms with Gasteiger partial charge < -0.3 is 9.47 Å². The van der Waals surface area contributed by atoms with Gasteiger partial charge in [-0.05, 0) is 30.2 Å². The fourth-order valence-corrected chi connectivity index (χ4v) is 1.69. The lowest BCUT2D eigenvalue weighted by Gasteiger charge is -2.11. The molecule has 1 rings (SSSR count). The molecule has 0 aliphatic rings. The highest BCUT2D eigenvalue weighted by Gasteiger charge is 2.07. The van der Waals surface area contributed by atoms with Crippen molar-refractivity contribution in [3.05, 3.63) is 23.8 Å². The summed E-state index contributed by atoms with van der Waals surface area (Å²) in [4.78, 5) is 0.434. The van der Waals surface area contributed by atoms with Crippen LogP contribution in [-0.4, -0.2) is 19.0 Å². The molecular weight excluding hydrogens is 244 g/mol. The van der Waals surface area contributed by atoms with Crippen molar-refractivity contribution in [1.82, 2.24) is 0 Å². The van der Waals surface area contributed by atoms with Crippen LogP contribution in [0.15, 0.2) is 18.2 Å². The van der Waals surface area contributed by atoms with Crippen LogP contribution < -0.4 is 9.47 Å². The second kappa shape index (κ2) is 5.25. The second-order valence-corrected chi connectivity index (χ2v) is 4.73. The molecule has 2 nitrogen and oxygen atoms in total. The molecule has 78 valence electrons. The molecule has 0 N–H and O–H groups in total. The average Bonchev–Trinajstić information content (AvgIpc) is 2.16. The average molecular weight is 259 g/mol. The molecule has 0 aromatic heterocycles. The smallest absolute Gasteiger partial charge is 0.122 e. The molecule has 0 spiro atoms. The van der Waals surface area contributed by atoms with Crippen molar-refractivity contribution >= 4 is 15.9 Å². The normalized spacial score (nSPS) is 12.3. The first-order valence-electron chi connectivity index (χ1n) is 4.52. The topological polar surface area (TPSA) is 18.5 Å². The van der Waals surface area contributed by atoms with Gasteiger partial charge in [0.05, 0.1) is 14.2 Å². The van der Waals surface area contributed by atoms with E-state index in [-0.39, 0.29) is 0 Å². The third kappa shape index (κ3) is 2.91. The molecule has 1 atom stereocenters. The van der Waals surface area contributed by atoms with E-state index in [9.17, 15) is 0 Å². The maximum Gasteiger partial charge on any atom is 0.122 e. The summed E-state index contributed by atoms with van der Waals surface area (Å²) in [6.45, 7) is 2.11. The van der Waals surface area contributed by atoms with Gasteiger partial charge in [0.1, 0.15) is 11.5 Å². The van der Waals surface area contributed by atoms with Crippen LogP contribution in [0.25, 0.3) is 0 Å². The lowest BCUT2D eigenvalue weighted by atomic mass is 10.1. The van der Waals surface area contributed by atoms with Crippen LogP contribution in [0.2, 0.25) is 0 Å². The van der Waals surface area contributed by atoms with Gasteiger partial charge in [0.2, 0.25) is 0 Å². The number of rotatable bonds is 4. The van der Waals surface area contributed by atoms with E-state index in [1.807, 2.05) is 18.2 Å². The molecular formula is C11H15BrO2. The zero-order chi connectivity index (χ0) is 10.6. The van der Waals surface area contributed by atoms with Crippen LogP contribution in [0.1, 0.15) is 12.5 Å². The van der Waals surface area contributed by atoms with E-state index < -0.39 is 0 Å². The summed E-state index contributed by atoms with van der Waals surface area (Å²) < 4.78 is 10.4. The van der Waals surface area contributed by atoms with Gasteiger partial charge in [0.25, 0.3) is 0 Å². The van der Waals surface area contributed by atoms with E-state index in [1.165, 1.54) is 0 Å². The molecule has 14 heavy (non-hydrogen) atoms. The summed E-state index contributed by atoms with van der Waals surface area (Å²) in [5.74, 6) is 1.78. The first kappa shape index (κ1) is 11.4. The largest absolute Gasteiger partial charge is 0.497 e. The maximum absolute atomic E-state index is 5.27. The summed E-state index contributed by atoms with van der Waals surface area (Å²) in [6, 6.07) is 5.85. The number of benzene rings is 1. The molecule has 1 aromatic carbocycles. The Morgan fingerprint density at radius 1 is 1.29 bits per heavy atom. The Balaban J connectivity index is 2.96. The molecule has 0 aliphatic heterocycles. The minimum Gasteiger partial charge on any atom is -0.497 e. The molecule has 0 fully saturated rings. The summed E-state index contributed by atoms with van der Waals surface area (Å²) >= 11 is 3.52. The highest BCUT2D eigenvalue weighted by Crippen LogP contribution is 2.26. The number of hydrogen-bond donors (Lipinski definition) is 0. The molecule has 0 bridgehead atoms. The van der Waals surface area contributed by atoms with Crippen molar-refractivity contribution in [2.75, 3.05) is 14.2 Å². The lowest BCUT2D eigenvalue weighted by molar-refractivity contribution is 0.398. The van der Waals surface area contributed by atoms with Crippen LogP contribution in [-0.2, 0) is 6.42 Å². The van der Waals surface area contributed by atoms with Crippen LogP contribution >= 0.6 is 15.9 Å². The van der Waals surface area contributed by atoms with Gasteiger partial charge in [-0.25, -0.2) is 0 Å². The van der Waals surface area contributed by atoms with Crippen LogP contribution in [0.5, 0.6) is 11.5 Å². The minimum absolute atomic E-state index is 0.434. The van der Waals surface area contributed by atoms with Crippen LogP contribution in [0.4, 0.5) is 0 Å². The first-order chi connectivity index (χ1) is 6.67. The van der Waals surface area contributed by atoms with Gasteiger partial charge in [-0.1, -0.05) is 22.9 Å². The van der Waals surface area contributed by atoms with Crippen LogP contribution in [0.3, 0.4) is 0 Å². The van der Waals surface area contributed by atoms with Gasteiger partial charge in [0.15, 0.2) is 0 Å². The molecule has 3 heteroatoms. The monoisotopic (exact) mass is 258 g/mol. The van der Waals surface area contributed by atoms with Crippen molar-refractivity contribution in [3.63, 3.8) is 0 Å². The number of alkyl halides is 1. The molecule has 1 unspecified atom stereocenters. The molecule has 1 aromatic rings. The standard InChI is InChI=1S/C11H15BrO2/c1-8(12)6-9-7-10(13-2)4-5-11(9)14-3/h4-5,7-8H,6H2,1-3H3. The second-order valence-electron chi connectivity index (χ2n) is 3.16. The Kier molecular flexibility index (Phi) is 4.26. The molecule has 0 amide bonds. The zero-order valence-electron chi connectivity index (χ0n) is 8.71. The highest BCUT2D eigenvalue weighted by atomic mass is 79.9. The Morgan fingerprint density at radius 3 is 2.50 bits per heavy atom. The Labute approximate surface area is 93.4 Å². The summed E-state index contributed by atoms with van der Waals surface area (Å²) in [7, 11) is 3.35. The lowest BCUT2D eigenvalue weighted by Crippen LogP contribution is -2.00. The van der Waals surface area contributed by atoms with Crippen molar-refractivity contribution < 1.29 is 9.47 Å². The van der Waals surface area contributed by atoms with E-state index in [1.54, 1.807) is 14.2 Å². The molecule has 0 saturated carbocycles. The van der Waals surface area contributed by atoms with Gasteiger partial charge in [-0.2, -0.15) is 0 Å². The van der Waals surface area contributed by atoms with Gasteiger partial charge >= 0.3 is 0 Å². The van der Waals surface area contributed by atoms with Gasteiger partial charge in [-0.3, -0.25) is 0 Å². The summed E-state index contributed by atoms with van der Waals surface area (Å²) in [6.07, 6.45) is 0.931. The van der Waals surface area contributed by atoms with Crippen LogP contribution in [0, 0.1) is 0 Å². The number of halogens is 1. The molecule has 0 heterocycles. The molecule has 0 radical (unpaired) electrons. The predicted octanol–water partition coefficient (Wildman–Crippen LogP) is 3.03. The fourth-order valence-electron chi connectivity index (χ4n) is 1.34. The van der Waals surface area contributed by atoms with Gasteiger partial charge in [0, 0.05) is 4.83 Å². The number of methoxy groups -OCH3 is 2. The number of ether oxygens (including phenoxy) is 2. The SMILES string of the molecule is COc1ccc(OC)c(CC(C)Br)c1. The Morgan fingerprint density at radius 2 is 2.00 bits per heavy atom. The van der Waals surface area contributed by atoms with Gasteiger partial charge in [-0.15, -0.1) is 0 Å². The van der Waals surface area contributed by atoms with E-state index in [0.29, 0.717) is 4.83 Å². The summed E-state index contributed by atoms with van der Waals surface area (Å²) in [5.41, 5.74) is 1.16.